The molecule has 1 aliphatic heterocycles. The van der Waals surface area contributed by atoms with Crippen LogP contribution in [0.15, 0.2) is 66.8 Å². The Labute approximate surface area is 356 Å². The second-order valence-electron chi connectivity index (χ2n) is 16.3. The number of Topliss-reactive ketones (excluding diaryl/α,β-unsaturated/α-hetero) is 2. The molecule has 0 bridgehead atoms. The zero-order valence-corrected chi connectivity index (χ0v) is 37.4. The number of rotatable bonds is 37. The molecule has 0 saturated heterocycles. The van der Waals surface area contributed by atoms with Crippen LogP contribution in [0.4, 0.5) is 0 Å². The minimum Gasteiger partial charge on any atom is -0.308 e. The Hall–Kier alpha value is -3.01. The van der Waals surface area contributed by atoms with Gasteiger partial charge >= 0.3 is 7.82 Å². The summed E-state index contributed by atoms with van der Waals surface area (Å²) in [5.74, 6) is -3.72. The monoisotopic (exact) mass is 841 g/mol. The number of amides is 2. The Morgan fingerprint density at radius 1 is 0.593 bits per heavy atom. The lowest BCUT2D eigenvalue weighted by atomic mass is 9.72. The van der Waals surface area contributed by atoms with Gasteiger partial charge in [0.1, 0.15) is 0 Å². The Bertz CT molecular complexity index is 1430. The van der Waals surface area contributed by atoms with E-state index in [-0.39, 0.29) is 18.4 Å². The lowest BCUT2D eigenvalue weighted by molar-refractivity contribution is -0.184. The molecule has 10 nitrogen and oxygen atoms in total. The fourth-order valence-electron chi connectivity index (χ4n) is 7.89. The van der Waals surface area contributed by atoms with E-state index in [9.17, 15) is 33.5 Å². The number of imide groups is 1. The van der Waals surface area contributed by atoms with Gasteiger partial charge in [-0.3, -0.25) is 23.7 Å². The second kappa shape index (κ2) is 30.1. The zero-order chi connectivity index (χ0) is 43.2. The van der Waals surface area contributed by atoms with Gasteiger partial charge in [0.25, 0.3) is 11.8 Å². The molecular weight excluding hydrogens is 764 g/mol. The summed E-state index contributed by atoms with van der Waals surface area (Å²) in [7, 11) is -5.63. The number of phosphoric acid groups is 1. The van der Waals surface area contributed by atoms with Gasteiger partial charge in [-0.05, 0) is 64.2 Å². The first kappa shape index (κ1) is 52.1. The maximum Gasteiger partial charge on any atom is 0.472 e. The largest absolute Gasteiger partial charge is 0.472 e. The third kappa shape index (κ3) is 18.7. The van der Waals surface area contributed by atoms with E-state index in [0.717, 1.165) is 76.4 Å². The standard InChI is InChI=1S/C48H77N2O8P/c1-3-5-7-9-11-13-15-17-19-21-23-25-27-29-34-38-43(51)47(49,44(52)39-35-30-28-26-24-22-20-18-16-14-12-10-8-6-4-2)48(58-59(55,56)57,42-36-32-31-33-37-42)50-45(53)40-41-46(50)54/h17-20,31-33,36-37,40-41H,3-16,21-30,34-35,38-39,49H2,1-2H3,(H2,55,56,57)/b19-17-,20-18-. The van der Waals surface area contributed by atoms with Crippen LogP contribution in [0.1, 0.15) is 199 Å². The first-order valence-corrected chi connectivity index (χ1v) is 24.5. The van der Waals surface area contributed by atoms with Gasteiger partial charge in [-0.25, -0.2) is 9.46 Å². The molecular formula is C48H77N2O8P. The van der Waals surface area contributed by atoms with E-state index in [1.807, 2.05) is 0 Å². The molecule has 11 heteroatoms. The molecule has 1 aliphatic rings. The Morgan fingerprint density at radius 2 is 0.932 bits per heavy atom. The summed E-state index contributed by atoms with van der Waals surface area (Å²) in [6.07, 6.45) is 37.6. The first-order chi connectivity index (χ1) is 28.5. The molecule has 4 N–H and O–H groups in total. The molecule has 1 atom stereocenters. The average molecular weight is 841 g/mol. The summed E-state index contributed by atoms with van der Waals surface area (Å²) >= 11 is 0. The van der Waals surface area contributed by atoms with Crippen LogP contribution < -0.4 is 5.73 Å². The molecule has 1 aromatic rings. The van der Waals surface area contributed by atoms with E-state index in [0.29, 0.717) is 30.6 Å². The SMILES string of the molecule is CCCCCCCC/C=C\CCCCCCCC(=O)C(N)(C(=O)CCCCCCC/C=C\CCCCCCCC)C(OP(=O)(O)O)(c1ccccc1)N1C(=O)C=CC1=O. The number of hydrogen-bond acceptors (Lipinski definition) is 7. The molecule has 1 heterocycles. The summed E-state index contributed by atoms with van der Waals surface area (Å²) in [6, 6.07) is 7.29. The van der Waals surface area contributed by atoms with Crippen LogP contribution in [0.3, 0.4) is 0 Å². The highest BCUT2D eigenvalue weighted by Gasteiger charge is 2.68. The number of allylic oxidation sites excluding steroid dienone is 4. The fourth-order valence-corrected chi connectivity index (χ4v) is 8.56. The van der Waals surface area contributed by atoms with Gasteiger partial charge in [-0.15, -0.1) is 0 Å². The number of nitrogens with zero attached hydrogens (tertiary/aromatic N) is 1. The van der Waals surface area contributed by atoms with E-state index < -0.39 is 42.5 Å². The molecule has 2 rings (SSSR count). The second-order valence-corrected chi connectivity index (χ2v) is 17.4. The molecule has 0 aliphatic carbocycles. The van der Waals surface area contributed by atoms with Crippen molar-refractivity contribution in [2.75, 3.05) is 0 Å². The number of ketones is 2. The number of nitrogens with two attached hydrogens (primary N) is 1. The fraction of sp³-hybridized carbons (Fsp3) is 0.667. The van der Waals surface area contributed by atoms with Gasteiger partial charge in [-0.2, -0.15) is 0 Å². The Balaban J connectivity index is 2.12. The van der Waals surface area contributed by atoms with Crippen LogP contribution in [-0.4, -0.2) is 43.6 Å². The number of phosphoric ester groups is 1. The summed E-state index contributed by atoms with van der Waals surface area (Å²) in [5.41, 5.74) is 1.02. The zero-order valence-electron chi connectivity index (χ0n) is 36.5. The van der Waals surface area contributed by atoms with E-state index in [1.54, 1.807) is 6.07 Å². The van der Waals surface area contributed by atoms with Crippen LogP contribution in [0, 0.1) is 0 Å². The minimum atomic E-state index is -5.63. The van der Waals surface area contributed by atoms with Gasteiger partial charge in [0.05, 0.1) is 0 Å². The molecule has 0 radical (unpaired) electrons. The number of unbranched alkanes of at least 4 members (excludes halogenated alkanes) is 22. The highest BCUT2D eigenvalue weighted by Crippen LogP contribution is 2.53. The van der Waals surface area contributed by atoms with E-state index in [1.165, 1.54) is 101 Å². The lowest BCUT2D eigenvalue weighted by Gasteiger charge is -2.49. The van der Waals surface area contributed by atoms with Crippen molar-refractivity contribution >= 4 is 31.2 Å². The van der Waals surface area contributed by atoms with Crippen molar-refractivity contribution in [3.63, 3.8) is 0 Å². The van der Waals surface area contributed by atoms with Crippen molar-refractivity contribution in [3.8, 4) is 0 Å². The van der Waals surface area contributed by atoms with Crippen LogP contribution in [0.5, 0.6) is 0 Å². The third-order valence-electron chi connectivity index (χ3n) is 11.3. The van der Waals surface area contributed by atoms with Gasteiger partial charge in [0.2, 0.25) is 5.72 Å². The number of carbonyl (C=O) groups excluding carboxylic acids is 4. The summed E-state index contributed by atoms with van der Waals surface area (Å²) in [5, 5.41) is 0. The van der Waals surface area contributed by atoms with Crippen molar-refractivity contribution in [2.24, 2.45) is 5.73 Å². The van der Waals surface area contributed by atoms with Crippen LogP contribution in [-0.2, 0) is 34.0 Å². The van der Waals surface area contributed by atoms with E-state index >= 15 is 0 Å². The summed E-state index contributed by atoms with van der Waals surface area (Å²) in [4.78, 5) is 76.9. The predicted octanol–water partition coefficient (Wildman–Crippen LogP) is 11.8. The van der Waals surface area contributed by atoms with Crippen LogP contribution >= 0.6 is 7.82 Å². The molecule has 1 unspecified atom stereocenters. The van der Waals surface area contributed by atoms with E-state index in [4.69, 9.17) is 10.3 Å². The Kier molecular flexibility index (Phi) is 26.6. The quantitative estimate of drug-likeness (QED) is 0.0194. The molecule has 0 spiro atoms. The molecule has 0 aromatic heterocycles. The first-order valence-electron chi connectivity index (χ1n) is 23.0. The lowest BCUT2D eigenvalue weighted by Crippen LogP contribution is -2.75. The third-order valence-corrected chi connectivity index (χ3v) is 11.8. The van der Waals surface area contributed by atoms with Crippen molar-refractivity contribution in [1.82, 2.24) is 4.90 Å². The molecule has 0 saturated carbocycles. The molecule has 59 heavy (non-hydrogen) atoms. The minimum absolute atomic E-state index is 0.174. The number of carbonyl (C=O) groups is 4. The summed E-state index contributed by atoms with van der Waals surface area (Å²) < 4.78 is 18.2. The van der Waals surface area contributed by atoms with Crippen molar-refractivity contribution in [2.45, 2.75) is 205 Å². The maximum absolute atomic E-state index is 14.5. The van der Waals surface area contributed by atoms with E-state index in [2.05, 4.69) is 38.2 Å². The van der Waals surface area contributed by atoms with Crippen molar-refractivity contribution < 1.29 is 38.1 Å². The topological polar surface area (TPSA) is 164 Å². The molecule has 0 fully saturated rings. The average Bonchev–Trinajstić information content (AvgIpc) is 3.56. The van der Waals surface area contributed by atoms with Crippen molar-refractivity contribution in [3.05, 3.63) is 72.4 Å². The molecule has 2 amide bonds. The van der Waals surface area contributed by atoms with Crippen LogP contribution in [0.2, 0.25) is 0 Å². The normalized spacial score (nSPS) is 14.6. The maximum atomic E-state index is 14.5. The molecule has 332 valence electrons. The smallest absolute Gasteiger partial charge is 0.308 e. The van der Waals surface area contributed by atoms with Gasteiger partial charge in [-0.1, -0.05) is 171 Å². The van der Waals surface area contributed by atoms with Crippen LogP contribution in [0.25, 0.3) is 0 Å². The highest BCUT2D eigenvalue weighted by atomic mass is 31.2. The summed E-state index contributed by atoms with van der Waals surface area (Å²) in [6.45, 7) is 4.45. The number of benzene rings is 1. The highest BCUT2D eigenvalue weighted by molar-refractivity contribution is 7.46. The predicted molar refractivity (Wildman–Crippen MR) is 238 cm³/mol. The van der Waals surface area contributed by atoms with Crippen molar-refractivity contribution in [1.29, 1.82) is 0 Å². The van der Waals surface area contributed by atoms with Gasteiger partial charge in [0, 0.05) is 30.6 Å². The Morgan fingerprint density at radius 3 is 1.29 bits per heavy atom. The van der Waals surface area contributed by atoms with Gasteiger partial charge in [0.15, 0.2) is 17.1 Å². The number of hydrogen-bond donors (Lipinski definition) is 3. The van der Waals surface area contributed by atoms with Gasteiger partial charge < -0.3 is 15.5 Å². The molecule has 1 aromatic carbocycles.